The molecule has 3 N–H and O–H groups in total. The third-order valence-corrected chi connectivity index (χ3v) is 10.1. The zero-order valence-corrected chi connectivity index (χ0v) is 29.4. The summed E-state index contributed by atoms with van der Waals surface area (Å²) in [6, 6.07) is 3.69. The van der Waals surface area contributed by atoms with Crippen LogP contribution in [-0.4, -0.2) is 101 Å². The number of carbonyl (C=O) groups excluding carboxylic acids is 2. The Labute approximate surface area is 281 Å². The number of aliphatic hydroxyl groups excluding tert-OH is 1. The number of nitrogens with zero attached hydrogens (tertiary/aromatic N) is 5. The highest BCUT2D eigenvalue weighted by Gasteiger charge is 2.33. The molecular weight excluding hydrogens is 642 g/mol. The molecule has 15 nitrogen and oxygen atoms in total. The van der Waals surface area contributed by atoms with E-state index in [4.69, 9.17) is 14.0 Å². The largest absolute Gasteiger partial charge is 0.490 e. The van der Waals surface area contributed by atoms with Gasteiger partial charge in [-0.15, -0.1) is 0 Å². The second-order valence-corrected chi connectivity index (χ2v) is 14.4. The van der Waals surface area contributed by atoms with Gasteiger partial charge < -0.3 is 39.2 Å². The maximum atomic E-state index is 14.3. The zero-order valence-electron chi connectivity index (χ0n) is 28.6. The van der Waals surface area contributed by atoms with Gasteiger partial charge in [-0.1, -0.05) is 12.1 Å². The Morgan fingerprint density at radius 1 is 1.21 bits per heavy atom. The molecule has 0 unspecified atom stereocenters. The fourth-order valence-electron chi connectivity index (χ4n) is 5.43. The number of aromatic nitrogens is 3. The number of carbonyl (C=O) groups is 2. The van der Waals surface area contributed by atoms with Gasteiger partial charge in [0.25, 0.3) is 15.9 Å². The lowest BCUT2D eigenvalue weighted by molar-refractivity contribution is -0.00835. The second kappa shape index (κ2) is 15.9. The third-order valence-electron chi connectivity index (χ3n) is 8.37. The number of aryl methyl sites for hydroxylation is 3. The van der Waals surface area contributed by atoms with E-state index >= 15 is 0 Å². The zero-order chi connectivity index (χ0) is 35.2. The average molecular weight is 690 g/mol. The van der Waals surface area contributed by atoms with E-state index in [1.54, 1.807) is 50.6 Å². The Morgan fingerprint density at radius 3 is 2.60 bits per heavy atom. The van der Waals surface area contributed by atoms with Gasteiger partial charge >= 0.3 is 6.03 Å². The Hall–Kier alpha value is -3.99. The number of benzene rings is 1. The van der Waals surface area contributed by atoms with Crippen LogP contribution in [0.1, 0.15) is 61.8 Å². The average Bonchev–Trinajstić information content (AvgIpc) is 3.63. The number of hydrogen-bond acceptors (Lipinski definition) is 10. The van der Waals surface area contributed by atoms with Gasteiger partial charge in [-0.2, -0.15) is 4.31 Å². The topological polar surface area (TPSA) is 181 Å². The molecular formula is C32H47N7O8S. The highest BCUT2D eigenvalue weighted by atomic mass is 32.2. The number of sulfonamides is 1. The number of ether oxygens (including phenoxy) is 2. The fraction of sp³-hybridized carbons (Fsp3) is 0.562. The second-order valence-electron chi connectivity index (χ2n) is 12.5. The monoisotopic (exact) mass is 689 g/mol. The summed E-state index contributed by atoms with van der Waals surface area (Å²) in [6.45, 7) is 9.17. The summed E-state index contributed by atoms with van der Waals surface area (Å²) in [5.74, 6) is 0.0244. The number of nitrogens with one attached hydrogen (secondary N) is 2. The van der Waals surface area contributed by atoms with Gasteiger partial charge in [0.1, 0.15) is 17.1 Å². The number of hydrogen-bond donors (Lipinski definition) is 3. The minimum Gasteiger partial charge on any atom is -0.490 e. The van der Waals surface area contributed by atoms with Gasteiger partial charge in [0, 0.05) is 51.6 Å². The Kier molecular flexibility index (Phi) is 12.2. The first-order valence-electron chi connectivity index (χ1n) is 16.0. The molecule has 1 aliphatic heterocycles. The molecule has 0 radical (unpaired) electrons. The van der Waals surface area contributed by atoms with Crippen molar-refractivity contribution in [2.75, 3.05) is 44.0 Å². The number of rotatable bonds is 8. The molecule has 0 spiro atoms. The van der Waals surface area contributed by atoms with E-state index in [1.165, 1.54) is 28.8 Å². The molecule has 1 aliphatic rings. The normalized spacial score (nSPS) is 20.5. The first kappa shape index (κ1) is 36.8. The maximum Gasteiger partial charge on any atom is 0.323 e. The summed E-state index contributed by atoms with van der Waals surface area (Å²) < 4.78 is 47.1. The highest BCUT2D eigenvalue weighted by Crippen LogP contribution is 2.29. The van der Waals surface area contributed by atoms with E-state index < -0.39 is 34.1 Å². The molecule has 3 aromatic rings. The lowest BCUT2D eigenvalue weighted by Crippen LogP contribution is -2.48. The van der Waals surface area contributed by atoms with Gasteiger partial charge in [-0.25, -0.2) is 18.2 Å². The lowest BCUT2D eigenvalue weighted by Gasteiger charge is -2.35. The SMILES string of the molecule is Cc1noc(C)c1NC(=O)Nc1ccc2c(c1)C(=O)N([C@@H](C)CO)C[C@H](C)[C@H](CN(C)S(=O)(=O)c1cn(C)cn1)OCCCC[C@@H](C)O2. The van der Waals surface area contributed by atoms with Crippen LogP contribution in [0.15, 0.2) is 40.3 Å². The van der Waals surface area contributed by atoms with Gasteiger partial charge in [-0.05, 0) is 65.2 Å². The maximum absolute atomic E-state index is 14.3. The Balaban J connectivity index is 1.63. The summed E-state index contributed by atoms with van der Waals surface area (Å²) in [6.07, 6.45) is 4.23. The first-order valence-corrected chi connectivity index (χ1v) is 17.4. The van der Waals surface area contributed by atoms with Crippen LogP contribution < -0.4 is 15.4 Å². The standard InChI is InChI=1S/C32H47N7O8S/c1-20-15-39(21(2)18-40)31(41)26-14-25(34-32(42)35-30-23(4)36-47-24(30)5)11-12-27(26)46-22(3)10-8-9-13-45-28(20)16-38(7)48(43,44)29-17-37(6)19-33-29/h11-12,14,17,19-22,28,40H,8-10,13,15-16,18H2,1-7H3,(H2,34,35,42)/t20-,21-,22+,28-/m0/s1. The molecule has 1 aromatic carbocycles. The van der Waals surface area contributed by atoms with E-state index in [9.17, 15) is 23.1 Å². The van der Waals surface area contributed by atoms with Crippen molar-refractivity contribution in [2.45, 2.75) is 77.2 Å². The fourth-order valence-corrected chi connectivity index (χ4v) is 6.58. The third kappa shape index (κ3) is 8.92. The molecule has 48 heavy (non-hydrogen) atoms. The number of likely N-dealkylation sites (N-methyl/N-ethyl adjacent to an activating group) is 1. The summed E-state index contributed by atoms with van der Waals surface area (Å²) in [4.78, 5) is 32.8. The molecule has 3 amide bonds. The first-order chi connectivity index (χ1) is 22.7. The Bertz CT molecular complexity index is 1650. The van der Waals surface area contributed by atoms with Crippen molar-refractivity contribution in [3.8, 4) is 5.75 Å². The molecule has 0 aliphatic carbocycles. The summed E-state index contributed by atoms with van der Waals surface area (Å²) >= 11 is 0. The molecule has 0 fully saturated rings. The van der Waals surface area contributed by atoms with Gasteiger partial charge in [0.05, 0.1) is 36.7 Å². The van der Waals surface area contributed by atoms with Crippen molar-refractivity contribution in [1.29, 1.82) is 0 Å². The number of imidazole rings is 1. The van der Waals surface area contributed by atoms with Crippen LogP contribution in [-0.2, 0) is 21.8 Å². The molecule has 4 atom stereocenters. The lowest BCUT2D eigenvalue weighted by atomic mass is 10.0. The van der Waals surface area contributed by atoms with Crippen molar-refractivity contribution in [2.24, 2.45) is 13.0 Å². The number of amides is 3. The minimum atomic E-state index is -3.89. The number of anilines is 2. The van der Waals surface area contributed by atoms with Crippen LogP contribution in [0.25, 0.3) is 0 Å². The van der Waals surface area contributed by atoms with E-state index in [0.717, 1.165) is 12.8 Å². The van der Waals surface area contributed by atoms with Gasteiger partial charge in [0.15, 0.2) is 10.8 Å². The van der Waals surface area contributed by atoms with E-state index in [0.29, 0.717) is 41.6 Å². The van der Waals surface area contributed by atoms with Crippen LogP contribution >= 0.6 is 0 Å². The van der Waals surface area contributed by atoms with Crippen molar-refractivity contribution >= 4 is 33.3 Å². The van der Waals surface area contributed by atoms with E-state index in [-0.39, 0.29) is 42.3 Å². The van der Waals surface area contributed by atoms with E-state index in [1.807, 2.05) is 13.8 Å². The van der Waals surface area contributed by atoms with Gasteiger partial charge in [0.2, 0.25) is 0 Å². The van der Waals surface area contributed by atoms with Crippen LogP contribution in [0.3, 0.4) is 0 Å². The smallest absolute Gasteiger partial charge is 0.323 e. The molecule has 4 rings (SSSR count). The molecule has 16 heteroatoms. The molecule has 3 heterocycles. The predicted octanol–water partition coefficient (Wildman–Crippen LogP) is 3.79. The van der Waals surface area contributed by atoms with Gasteiger partial charge in [-0.3, -0.25) is 4.79 Å². The molecule has 0 saturated heterocycles. The van der Waals surface area contributed by atoms with Crippen molar-refractivity contribution < 1.29 is 37.1 Å². The van der Waals surface area contributed by atoms with Crippen molar-refractivity contribution in [3.63, 3.8) is 0 Å². The van der Waals surface area contributed by atoms with Crippen LogP contribution in [0.2, 0.25) is 0 Å². The molecule has 0 bridgehead atoms. The van der Waals surface area contributed by atoms with Crippen LogP contribution in [0.5, 0.6) is 5.75 Å². The minimum absolute atomic E-state index is 0.0278. The quantitative estimate of drug-likeness (QED) is 0.315. The van der Waals surface area contributed by atoms with Crippen LogP contribution in [0.4, 0.5) is 16.2 Å². The van der Waals surface area contributed by atoms with Crippen molar-refractivity contribution in [1.82, 2.24) is 23.9 Å². The van der Waals surface area contributed by atoms with Crippen LogP contribution in [0, 0.1) is 19.8 Å². The summed E-state index contributed by atoms with van der Waals surface area (Å²) in [5, 5.41) is 19.5. The predicted molar refractivity (Wildman–Crippen MR) is 179 cm³/mol. The van der Waals surface area contributed by atoms with E-state index in [2.05, 4.69) is 20.8 Å². The number of urea groups is 1. The van der Waals surface area contributed by atoms with Crippen molar-refractivity contribution in [3.05, 3.63) is 47.7 Å². The summed E-state index contributed by atoms with van der Waals surface area (Å²) in [5.41, 5.74) is 1.52. The summed E-state index contributed by atoms with van der Waals surface area (Å²) in [7, 11) is -0.717. The number of aliphatic hydroxyl groups is 1. The highest BCUT2D eigenvalue weighted by molar-refractivity contribution is 7.89. The Morgan fingerprint density at radius 2 is 1.96 bits per heavy atom. The molecule has 264 valence electrons. The number of fused-ring (bicyclic) bond motifs is 1. The molecule has 2 aromatic heterocycles. The molecule has 0 saturated carbocycles.